The molecule has 1 atom stereocenters. The Balaban J connectivity index is 1.73. The van der Waals surface area contributed by atoms with Crippen molar-refractivity contribution in [3.8, 4) is 10.8 Å². The highest BCUT2D eigenvalue weighted by Gasteiger charge is 2.18. The summed E-state index contributed by atoms with van der Waals surface area (Å²) in [7, 11) is -1.01. The molecule has 0 radical (unpaired) electrons. The third-order valence-corrected chi connectivity index (χ3v) is 6.60. The molecule has 1 aromatic carbocycles. The molecule has 0 N–H and O–H groups in total. The van der Waals surface area contributed by atoms with E-state index in [1.165, 1.54) is 33.6 Å². The molecule has 0 spiro atoms. The van der Waals surface area contributed by atoms with Crippen LogP contribution in [0.3, 0.4) is 0 Å². The zero-order chi connectivity index (χ0) is 19.6. The second-order valence-corrected chi connectivity index (χ2v) is 10.1. The van der Waals surface area contributed by atoms with Gasteiger partial charge in [0.2, 0.25) is 0 Å². The van der Waals surface area contributed by atoms with E-state index in [1.54, 1.807) is 18.5 Å². The smallest absolute Gasteiger partial charge is 0.188 e. The van der Waals surface area contributed by atoms with Crippen molar-refractivity contribution in [3.63, 3.8) is 0 Å². The van der Waals surface area contributed by atoms with Crippen LogP contribution in [0.15, 0.2) is 36.0 Å². The zero-order valence-electron chi connectivity index (χ0n) is 16.4. The molecule has 142 valence electrons. The Labute approximate surface area is 167 Å². The van der Waals surface area contributed by atoms with Crippen molar-refractivity contribution in [3.05, 3.63) is 63.9 Å². The van der Waals surface area contributed by atoms with Crippen LogP contribution in [0, 0.1) is 13.8 Å². The lowest BCUT2D eigenvalue weighted by atomic mass is 9.84. The summed E-state index contributed by atoms with van der Waals surface area (Å²) in [6.45, 7) is 10.9. The summed E-state index contributed by atoms with van der Waals surface area (Å²) in [6, 6.07) is 6.24. The zero-order valence-corrected chi connectivity index (χ0v) is 18.1. The van der Waals surface area contributed by atoms with E-state index in [0.29, 0.717) is 17.3 Å². The molecule has 0 saturated heterocycles. The molecule has 0 unspecified atom stereocenters. The van der Waals surface area contributed by atoms with Gasteiger partial charge in [-0.05, 0) is 47.6 Å². The predicted molar refractivity (Wildman–Crippen MR) is 113 cm³/mol. The summed E-state index contributed by atoms with van der Waals surface area (Å²) >= 11 is 1.49. The third-order valence-electron chi connectivity index (χ3n) is 4.49. The van der Waals surface area contributed by atoms with Gasteiger partial charge in [-0.1, -0.05) is 32.9 Å². The van der Waals surface area contributed by atoms with Crippen molar-refractivity contribution in [1.29, 1.82) is 0 Å². The minimum Gasteiger partial charge on any atom is -0.259 e. The number of aromatic nitrogens is 3. The van der Waals surface area contributed by atoms with Crippen LogP contribution in [0.25, 0.3) is 10.8 Å². The Morgan fingerprint density at radius 3 is 2.26 bits per heavy atom. The fourth-order valence-corrected chi connectivity index (χ4v) is 5.14. The summed E-state index contributed by atoms with van der Waals surface area (Å²) < 4.78 is 12.8. The number of benzene rings is 1. The highest BCUT2D eigenvalue weighted by Crippen LogP contribution is 2.28. The highest BCUT2D eigenvalue weighted by molar-refractivity contribution is 7.83. The Hall–Kier alpha value is -1.92. The number of nitrogens with zero attached hydrogens (tertiary/aromatic N) is 3. The molecule has 0 aliphatic rings. The Morgan fingerprint density at radius 2 is 1.67 bits per heavy atom. The molecule has 3 aromatic rings. The van der Waals surface area contributed by atoms with Gasteiger partial charge in [0.1, 0.15) is 0 Å². The fourth-order valence-electron chi connectivity index (χ4n) is 2.92. The Bertz CT molecular complexity index is 936. The first-order valence-electron chi connectivity index (χ1n) is 8.91. The maximum absolute atomic E-state index is 12.8. The Kier molecular flexibility index (Phi) is 5.86. The molecule has 4 nitrogen and oxygen atoms in total. The van der Waals surface area contributed by atoms with Crippen LogP contribution in [0.1, 0.15) is 48.7 Å². The summed E-state index contributed by atoms with van der Waals surface area (Å²) in [5.74, 6) is 1.61. The van der Waals surface area contributed by atoms with Gasteiger partial charge in [-0.3, -0.25) is 4.21 Å². The highest BCUT2D eigenvalue weighted by atomic mass is 32.2. The van der Waals surface area contributed by atoms with Gasteiger partial charge in [-0.2, -0.15) is 0 Å². The van der Waals surface area contributed by atoms with Crippen molar-refractivity contribution < 1.29 is 4.21 Å². The standard InChI is InChI=1S/C21H25N3OS2/c1-14-9-16(21(3,4)5)10-15(2)18(14)13-27(25)12-17-11-26-20(24-17)19-22-7-6-8-23-19/h6-11H,12-13H2,1-5H3/t27-/m1/s1. The van der Waals surface area contributed by atoms with Gasteiger partial charge in [-0.25, -0.2) is 15.0 Å². The van der Waals surface area contributed by atoms with Crippen LogP contribution in [0.5, 0.6) is 0 Å². The number of rotatable bonds is 5. The molecule has 2 heterocycles. The first-order valence-corrected chi connectivity index (χ1v) is 11.3. The van der Waals surface area contributed by atoms with Gasteiger partial charge in [0, 0.05) is 34.3 Å². The maximum atomic E-state index is 12.8. The van der Waals surface area contributed by atoms with E-state index in [1.807, 2.05) is 5.38 Å². The second-order valence-electron chi connectivity index (χ2n) is 7.78. The van der Waals surface area contributed by atoms with Crippen molar-refractivity contribution in [2.45, 2.75) is 51.5 Å². The van der Waals surface area contributed by atoms with Gasteiger partial charge in [-0.15, -0.1) is 11.3 Å². The molecule has 0 aliphatic carbocycles. The van der Waals surface area contributed by atoms with Crippen molar-refractivity contribution in [2.75, 3.05) is 0 Å². The summed E-state index contributed by atoms with van der Waals surface area (Å²) in [6.07, 6.45) is 3.41. The predicted octanol–water partition coefficient (Wildman–Crippen LogP) is 4.96. The molecular formula is C21H25N3OS2. The van der Waals surface area contributed by atoms with E-state index in [0.717, 1.165) is 10.7 Å². The number of aryl methyl sites for hydroxylation is 2. The molecule has 0 amide bonds. The van der Waals surface area contributed by atoms with Crippen molar-refractivity contribution >= 4 is 22.1 Å². The van der Waals surface area contributed by atoms with E-state index < -0.39 is 10.8 Å². The third kappa shape index (κ3) is 4.87. The number of thiazole rings is 1. The van der Waals surface area contributed by atoms with Crippen LogP contribution in [-0.2, 0) is 27.7 Å². The quantitative estimate of drug-likeness (QED) is 0.608. The maximum Gasteiger partial charge on any atom is 0.188 e. The van der Waals surface area contributed by atoms with Crippen LogP contribution in [-0.4, -0.2) is 19.2 Å². The average molecular weight is 400 g/mol. The SMILES string of the molecule is Cc1cc(C(C)(C)C)cc(C)c1C[S@](=O)Cc1csc(-c2ncccn2)n1. The molecule has 0 saturated carbocycles. The van der Waals surface area contributed by atoms with Gasteiger partial charge in [0.15, 0.2) is 10.8 Å². The second kappa shape index (κ2) is 7.98. The molecule has 27 heavy (non-hydrogen) atoms. The van der Waals surface area contributed by atoms with E-state index in [-0.39, 0.29) is 5.41 Å². The Morgan fingerprint density at radius 1 is 1.04 bits per heavy atom. The van der Waals surface area contributed by atoms with E-state index in [2.05, 4.69) is 61.7 Å². The fraction of sp³-hybridized carbons (Fsp3) is 0.381. The van der Waals surface area contributed by atoms with E-state index in [9.17, 15) is 4.21 Å². The molecular weight excluding hydrogens is 374 g/mol. The molecule has 6 heteroatoms. The molecule has 0 aliphatic heterocycles. The largest absolute Gasteiger partial charge is 0.259 e. The first-order chi connectivity index (χ1) is 12.7. The van der Waals surface area contributed by atoms with Crippen LogP contribution in [0.4, 0.5) is 0 Å². The molecule has 0 bridgehead atoms. The molecule has 0 fully saturated rings. The molecule has 2 aromatic heterocycles. The topological polar surface area (TPSA) is 55.7 Å². The average Bonchev–Trinajstić information content (AvgIpc) is 3.06. The van der Waals surface area contributed by atoms with Gasteiger partial charge >= 0.3 is 0 Å². The number of hydrogen-bond donors (Lipinski definition) is 0. The lowest BCUT2D eigenvalue weighted by molar-refractivity contribution is 0.589. The summed E-state index contributed by atoms with van der Waals surface area (Å²) in [4.78, 5) is 13.0. The monoisotopic (exact) mass is 399 g/mol. The number of hydrogen-bond acceptors (Lipinski definition) is 5. The van der Waals surface area contributed by atoms with Gasteiger partial charge in [0.25, 0.3) is 0 Å². The molecule has 3 rings (SSSR count). The lowest BCUT2D eigenvalue weighted by Crippen LogP contribution is -2.13. The van der Waals surface area contributed by atoms with Gasteiger partial charge < -0.3 is 0 Å². The van der Waals surface area contributed by atoms with Crippen LogP contribution >= 0.6 is 11.3 Å². The lowest BCUT2D eigenvalue weighted by Gasteiger charge is -2.22. The summed E-state index contributed by atoms with van der Waals surface area (Å²) in [5.41, 5.74) is 5.88. The van der Waals surface area contributed by atoms with E-state index in [4.69, 9.17) is 0 Å². The van der Waals surface area contributed by atoms with Crippen LogP contribution in [0.2, 0.25) is 0 Å². The van der Waals surface area contributed by atoms with E-state index >= 15 is 0 Å². The van der Waals surface area contributed by atoms with Crippen molar-refractivity contribution in [1.82, 2.24) is 15.0 Å². The van der Waals surface area contributed by atoms with Crippen LogP contribution < -0.4 is 0 Å². The minimum absolute atomic E-state index is 0.115. The first kappa shape index (κ1) is 19.8. The van der Waals surface area contributed by atoms with Gasteiger partial charge in [0.05, 0.1) is 11.4 Å². The minimum atomic E-state index is -1.01. The summed E-state index contributed by atoms with van der Waals surface area (Å²) in [5, 5.41) is 2.72. The van der Waals surface area contributed by atoms with Crippen molar-refractivity contribution in [2.24, 2.45) is 0 Å². The normalized spacial score (nSPS) is 12.9.